The van der Waals surface area contributed by atoms with Crippen LogP contribution in [0.15, 0.2) is 30.5 Å². The Morgan fingerprint density at radius 1 is 1.22 bits per heavy atom. The Hall–Kier alpha value is -1.41. The Morgan fingerprint density at radius 3 is 2.94 bits per heavy atom. The molecule has 92 valence electrons. The van der Waals surface area contributed by atoms with E-state index in [1.54, 1.807) is 6.20 Å². The zero-order chi connectivity index (χ0) is 12.5. The van der Waals surface area contributed by atoms with E-state index >= 15 is 0 Å². The van der Waals surface area contributed by atoms with E-state index in [0.29, 0.717) is 17.2 Å². The van der Waals surface area contributed by atoms with Gasteiger partial charge < -0.3 is 0 Å². The highest BCUT2D eigenvalue weighted by atomic mass is 35.5. The van der Waals surface area contributed by atoms with Gasteiger partial charge in [-0.05, 0) is 36.6 Å². The van der Waals surface area contributed by atoms with Crippen LogP contribution in [-0.2, 0) is 4.79 Å². The Balaban J connectivity index is 2.13. The molecule has 1 aliphatic rings. The van der Waals surface area contributed by atoms with E-state index in [-0.39, 0.29) is 5.92 Å². The number of fused-ring (bicyclic) bond motifs is 1. The molecular formula is C15H14ClNO. The van der Waals surface area contributed by atoms with E-state index in [0.717, 1.165) is 35.7 Å². The van der Waals surface area contributed by atoms with Gasteiger partial charge in [0.1, 0.15) is 5.78 Å². The lowest BCUT2D eigenvalue weighted by atomic mass is 9.82. The van der Waals surface area contributed by atoms with Crippen molar-refractivity contribution in [2.75, 3.05) is 0 Å². The van der Waals surface area contributed by atoms with Crippen LogP contribution in [0.25, 0.3) is 10.9 Å². The van der Waals surface area contributed by atoms with Crippen molar-refractivity contribution in [3.05, 3.63) is 41.0 Å². The Bertz CT molecular complexity index is 608. The highest BCUT2D eigenvalue weighted by molar-refractivity contribution is 6.31. The number of nitrogens with zero attached hydrogens (tertiary/aromatic N) is 1. The molecule has 1 heterocycles. The smallest absolute Gasteiger partial charge is 0.140 e. The molecule has 0 N–H and O–H groups in total. The molecule has 1 unspecified atom stereocenters. The molecule has 1 aromatic heterocycles. The van der Waals surface area contributed by atoms with Crippen LogP contribution in [0.3, 0.4) is 0 Å². The fourth-order valence-corrected chi connectivity index (χ4v) is 2.93. The summed E-state index contributed by atoms with van der Waals surface area (Å²) in [7, 11) is 0. The van der Waals surface area contributed by atoms with Crippen molar-refractivity contribution in [2.45, 2.75) is 31.6 Å². The van der Waals surface area contributed by atoms with Crippen molar-refractivity contribution >= 4 is 28.3 Å². The van der Waals surface area contributed by atoms with Crippen molar-refractivity contribution in [2.24, 2.45) is 0 Å². The summed E-state index contributed by atoms with van der Waals surface area (Å²) in [5.74, 6) is 0.411. The minimum absolute atomic E-state index is 0.0467. The fraction of sp³-hybridized carbons (Fsp3) is 0.333. The lowest BCUT2D eigenvalue weighted by Crippen LogP contribution is -2.17. The summed E-state index contributed by atoms with van der Waals surface area (Å²) in [6.45, 7) is 0. The molecule has 1 saturated carbocycles. The number of carbonyl (C=O) groups excluding carboxylic acids is 1. The van der Waals surface area contributed by atoms with E-state index in [1.807, 2.05) is 24.3 Å². The van der Waals surface area contributed by atoms with Crippen molar-refractivity contribution in [1.82, 2.24) is 4.98 Å². The summed E-state index contributed by atoms with van der Waals surface area (Å²) in [6.07, 6.45) is 5.61. The van der Waals surface area contributed by atoms with E-state index in [9.17, 15) is 4.79 Å². The predicted molar refractivity (Wildman–Crippen MR) is 73.0 cm³/mol. The first-order chi connectivity index (χ1) is 8.75. The highest BCUT2D eigenvalue weighted by Crippen LogP contribution is 2.34. The van der Waals surface area contributed by atoms with Crippen molar-refractivity contribution < 1.29 is 4.79 Å². The molecule has 1 atom stereocenters. The molecule has 3 rings (SSSR count). The molecule has 0 radical (unpaired) electrons. The zero-order valence-corrected chi connectivity index (χ0v) is 10.8. The Morgan fingerprint density at radius 2 is 2.11 bits per heavy atom. The molecule has 3 heteroatoms. The third kappa shape index (κ3) is 2.01. The van der Waals surface area contributed by atoms with E-state index in [2.05, 4.69) is 4.98 Å². The number of ketones is 1. The SMILES string of the molecule is O=C1CCCCC1c1ccnc2cc(Cl)ccc12. The van der Waals surface area contributed by atoms with Gasteiger partial charge in [-0.15, -0.1) is 0 Å². The zero-order valence-electron chi connectivity index (χ0n) is 10.0. The molecule has 0 aliphatic heterocycles. The lowest BCUT2D eigenvalue weighted by Gasteiger charge is -2.22. The average molecular weight is 260 g/mol. The number of benzene rings is 1. The Kier molecular flexibility index (Phi) is 3.04. The van der Waals surface area contributed by atoms with Gasteiger partial charge in [0.2, 0.25) is 0 Å². The minimum atomic E-state index is 0.0467. The summed E-state index contributed by atoms with van der Waals surface area (Å²) in [4.78, 5) is 16.4. The van der Waals surface area contributed by atoms with Gasteiger partial charge >= 0.3 is 0 Å². The summed E-state index contributed by atoms with van der Waals surface area (Å²) in [6, 6.07) is 7.67. The van der Waals surface area contributed by atoms with Gasteiger partial charge in [-0.2, -0.15) is 0 Å². The molecule has 0 saturated heterocycles. The number of hydrogen-bond donors (Lipinski definition) is 0. The first kappa shape index (κ1) is 11.7. The van der Waals surface area contributed by atoms with Gasteiger partial charge in [0.15, 0.2) is 0 Å². The highest BCUT2D eigenvalue weighted by Gasteiger charge is 2.25. The maximum Gasteiger partial charge on any atom is 0.140 e. The molecule has 1 aromatic carbocycles. The van der Waals surface area contributed by atoms with Gasteiger partial charge in [0, 0.05) is 28.9 Å². The van der Waals surface area contributed by atoms with Crippen LogP contribution in [-0.4, -0.2) is 10.8 Å². The molecule has 0 spiro atoms. The van der Waals surface area contributed by atoms with E-state index in [4.69, 9.17) is 11.6 Å². The van der Waals surface area contributed by atoms with Gasteiger partial charge in [0.05, 0.1) is 5.52 Å². The number of Topliss-reactive ketones (excluding diaryl/α,β-unsaturated/α-hetero) is 1. The Labute approximate surface area is 111 Å². The quantitative estimate of drug-likeness (QED) is 0.771. The van der Waals surface area contributed by atoms with Crippen LogP contribution >= 0.6 is 11.6 Å². The topological polar surface area (TPSA) is 30.0 Å². The molecule has 0 amide bonds. The molecule has 1 fully saturated rings. The molecule has 2 nitrogen and oxygen atoms in total. The molecular weight excluding hydrogens is 246 g/mol. The minimum Gasteiger partial charge on any atom is -0.299 e. The van der Waals surface area contributed by atoms with Crippen LogP contribution in [0.4, 0.5) is 0 Å². The largest absolute Gasteiger partial charge is 0.299 e. The first-order valence-electron chi connectivity index (χ1n) is 6.32. The fourth-order valence-electron chi connectivity index (χ4n) is 2.76. The standard InChI is InChI=1S/C15H14ClNO/c16-10-5-6-12-11(7-8-17-14(12)9-10)13-3-1-2-4-15(13)18/h5-9,13H,1-4H2. The number of halogens is 1. The number of rotatable bonds is 1. The van der Waals surface area contributed by atoms with Crippen LogP contribution in [0, 0.1) is 0 Å². The second kappa shape index (κ2) is 4.69. The van der Waals surface area contributed by atoms with Gasteiger partial charge in [-0.3, -0.25) is 9.78 Å². The van der Waals surface area contributed by atoms with Crippen LogP contribution in [0.5, 0.6) is 0 Å². The van der Waals surface area contributed by atoms with Crippen molar-refractivity contribution in [3.63, 3.8) is 0 Å². The molecule has 0 bridgehead atoms. The molecule has 1 aliphatic carbocycles. The summed E-state index contributed by atoms with van der Waals surface area (Å²) in [5.41, 5.74) is 1.99. The van der Waals surface area contributed by atoms with Crippen molar-refractivity contribution in [1.29, 1.82) is 0 Å². The maximum absolute atomic E-state index is 12.1. The number of carbonyl (C=O) groups is 1. The first-order valence-corrected chi connectivity index (χ1v) is 6.70. The number of aromatic nitrogens is 1. The third-order valence-electron chi connectivity index (χ3n) is 3.67. The molecule has 2 aromatic rings. The average Bonchev–Trinajstić information content (AvgIpc) is 2.38. The van der Waals surface area contributed by atoms with E-state index in [1.165, 1.54) is 0 Å². The van der Waals surface area contributed by atoms with Crippen LogP contribution < -0.4 is 0 Å². The van der Waals surface area contributed by atoms with Gasteiger partial charge in [-0.1, -0.05) is 24.1 Å². The summed E-state index contributed by atoms with van der Waals surface area (Å²) in [5, 5.41) is 1.74. The predicted octanol–water partition coefficient (Wildman–Crippen LogP) is 4.11. The van der Waals surface area contributed by atoms with Crippen molar-refractivity contribution in [3.8, 4) is 0 Å². The van der Waals surface area contributed by atoms with Gasteiger partial charge in [-0.25, -0.2) is 0 Å². The summed E-state index contributed by atoms with van der Waals surface area (Å²) >= 11 is 5.98. The lowest BCUT2D eigenvalue weighted by molar-refractivity contribution is -0.121. The van der Waals surface area contributed by atoms with Gasteiger partial charge in [0.25, 0.3) is 0 Å². The van der Waals surface area contributed by atoms with Crippen LogP contribution in [0.2, 0.25) is 5.02 Å². The van der Waals surface area contributed by atoms with E-state index < -0.39 is 0 Å². The normalized spacial score (nSPS) is 20.3. The number of hydrogen-bond acceptors (Lipinski definition) is 2. The monoisotopic (exact) mass is 259 g/mol. The molecule has 18 heavy (non-hydrogen) atoms. The third-order valence-corrected chi connectivity index (χ3v) is 3.90. The second-order valence-corrected chi connectivity index (χ2v) is 5.26. The second-order valence-electron chi connectivity index (χ2n) is 4.83. The number of pyridine rings is 1. The van der Waals surface area contributed by atoms with Crippen LogP contribution in [0.1, 0.15) is 37.2 Å². The summed E-state index contributed by atoms with van der Waals surface area (Å²) < 4.78 is 0. The maximum atomic E-state index is 12.1.